The van der Waals surface area contributed by atoms with E-state index >= 15 is 0 Å². The van der Waals surface area contributed by atoms with Crippen molar-refractivity contribution >= 4 is 5.91 Å². The maximum absolute atomic E-state index is 12.0. The Morgan fingerprint density at radius 1 is 1.55 bits per heavy atom. The van der Waals surface area contributed by atoms with E-state index in [1.165, 1.54) is 0 Å². The van der Waals surface area contributed by atoms with Gasteiger partial charge in [0.05, 0.1) is 18.7 Å². The fourth-order valence-corrected chi connectivity index (χ4v) is 2.41. The smallest absolute Gasteiger partial charge is 0.223 e. The van der Waals surface area contributed by atoms with Gasteiger partial charge in [-0.2, -0.15) is 0 Å². The normalized spacial score (nSPS) is 30.8. The van der Waals surface area contributed by atoms with Crippen LogP contribution in [0.3, 0.4) is 0 Å². The first-order valence-electron chi connectivity index (χ1n) is 7.42. The van der Waals surface area contributed by atoms with Crippen LogP contribution >= 0.6 is 0 Å². The number of amides is 1. The SMILES string of the molecule is C=C(C)C1=C[C@H](N)[C@@H](NC(=O)C2CC2)[C@H]([C@H](O)[C@H](O)CO)O1. The summed E-state index contributed by atoms with van der Waals surface area (Å²) in [7, 11) is 0. The lowest BCUT2D eigenvalue weighted by atomic mass is 9.91. The molecule has 1 saturated carbocycles. The van der Waals surface area contributed by atoms with Crippen LogP contribution in [0.25, 0.3) is 0 Å². The van der Waals surface area contributed by atoms with Crippen molar-refractivity contribution in [3.8, 4) is 0 Å². The summed E-state index contributed by atoms with van der Waals surface area (Å²) in [5.74, 6) is 0.268. The van der Waals surface area contributed by atoms with Crippen molar-refractivity contribution in [3.63, 3.8) is 0 Å². The van der Waals surface area contributed by atoms with E-state index in [1.54, 1.807) is 13.0 Å². The zero-order chi connectivity index (χ0) is 16.4. The average molecular weight is 312 g/mol. The van der Waals surface area contributed by atoms with Gasteiger partial charge in [0.25, 0.3) is 0 Å². The highest BCUT2D eigenvalue weighted by atomic mass is 16.5. The molecule has 0 aromatic rings. The van der Waals surface area contributed by atoms with Gasteiger partial charge in [-0.25, -0.2) is 0 Å². The second-order valence-electron chi connectivity index (χ2n) is 6.02. The molecule has 2 aliphatic rings. The molecule has 22 heavy (non-hydrogen) atoms. The molecular formula is C15H24N2O5. The van der Waals surface area contributed by atoms with E-state index in [0.717, 1.165) is 12.8 Å². The Morgan fingerprint density at radius 3 is 2.68 bits per heavy atom. The van der Waals surface area contributed by atoms with Crippen LogP contribution in [-0.4, -0.2) is 58.2 Å². The molecule has 1 fully saturated rings. The van der Waals surface area contributed by atoms with Crippen molar-refractivity contribution in [1.82, 2.24) is 5.32 Å². The first kappa shape index (κ1) is 17.0. The molecule has 1 aliphatic heterocycles. The van der Waals surface area contributed by atoms with Crippen LogP contribution in [0.15, 0.2) is 24.0 Å². The topological polar surface area (TPSA) is 125 Å². The van der Waals surface area contributed by atoms with Crippen molar-refractivity contribution in [2.24, 2.45) is 11.7 Å². The molecule has 0 unspecified atom stereocenters. The summed E-state index contributed by atoms with van der Waals surface area (Å²) >= 11 is 0. The Balaban J connectivity index is 2.20. The molecule has 6 N–H and O–H groups in total. The van der Waals surface area contributed by atoms with Crippen molar-refractivity contribution in [2.75, 3.05) is 6.61 Å². The van der Waals surface area contributed by atoms with E-state index in [2.05, 4.69) is 11.9 Å². The van der Waals surface area contributed by atoms with Gasteiger partial charge in [-0.15, -0.1) is 0 Å². The minimum absolute atomic E-state index is 0.0146. The number of ether oxygens (including phenoxy) is 1. The molecule has 1 aliphatic carbocycles. The zero-order valence-electron chi connectivity index (χ0n) is 12.6. The number of hydrogen-bond acceptors (Lipinski definition) is 6. The molecule has 5 atom stereocenters. The number of aliphatic hydroxyl groups is 3. The molecule has 0 aromatic carbocycles. The molecule has 0 bridgehead atoms. The van der Waals surface area contributed by atoms with Crippen LogP contribution in [-0.2, 0) is 9.53 Å². The Hall–Kier alpha value is -1.41. The van der Waals surface area contributed by atoms with Crippen molar-refractivity contribution in [1.29, 1.82) is 0 Å². The maximum atomic E-state index is 12.0. The van der Waals surface area contributed by atoms with E-state index in [4.69, 9.17) is 15.6 Å². The summed E-state index contributed by atoms with van der Waals surface area (Å²) in [6.07, 6.45) is -0.418. The minimum atomic E-state index is -1.39. The Labute approximate surface area is 129 Å². The number of hydrogen-bond donors (Lipinski definition) is 5. The minimum Gasteiger partial charge on any atom is -0.485 e. The number of nitrogens with two attached hydrogens (primary N) is 1. The van der Waals surface area contributed by atoms with E-state index in [9.17, 15) is 15.0 Å². The molecule has 1 heterocycles. The van der Waals surface area contributed by atoms with Crippen LogP contribution in [0.1, 0.15) is 19.8 Å². The lowest BCUT2D eigenvalue weighted by Gasteiger charge is -2.39. The Kier molecular flexibility index (Phi) is 5.23. The first-order valence-corrected chi connectivity index (χ1v) is 7.42. The highest BCUT2D eigenvalue weighted by Crippen LogP contribution is 2.30. The van der Waals surface area contributed by atoms with Crippen LogP contribution in [0.5, 0.6) is 0 Å². The maximum Gasteiger partial charge on any atom is 0.223 e. The largest absolute Gasteiger partial charge is 0.485 e. The van der Waals surface area contributed by atoms with Crippen LogP contribution in [0.2, 0.25) is 0 Å². The standard InChI is InChI=1S/C15H24N2O5/c1-7(2)11-5-9(16)12(17-15(21)8-3-4-8)14(22-11)13(20)10(19)6-18/h5,8-10,12-14,18-20H,1,3-4,6,16H2,2H3,(H,17,21)/t9-,10+,12+,13+,14+/m0/s1. The van der Waals surface area contributed by atoms with Gasteiger partial charge < -0.3 is 31.1 Å². The predicted octanol–water partition coefficient (Wildman–Crippen LogP) is -1.22. The molecule has 7 heteroatoms. The molecule has 0 saturated heterocycles. The fourth-order valence-electron chi connectivity index (χ4n) is 2.41. The van der Waals surface area contributed by atoms with Crippen molar-refractivity contribution in [2.45, 2.75) is 50.2 Å². The van der Waals surface area contributed by atoms with E-state index in [0.29, 0.717) is 11.3 Å². The van der Waals surface area contributed by atoms with Crippen LogP contribution in [0, 0.1) is 5.92 Å². The third kappa shape index (κ3) is 3.67. The van der Waals surface area contributed by atoms with Gasteiger partial charge in [-0.05, 0) is 31.4 Å². The summed E-state index contributed by atoms with van der Waals surface area (Å²) in [5, 5.41) is 31.7. The van der Waals surface area contributed by atoms with Gasteiger partial charge in [0.2, 0.25) is 5.91 Å². The molecule has 124 valence electrons. The molecule has 1 amide bonds. The first-order chi connectivity index (χ1) is 10.3. The molecular weight excluding hydrogens is 288 g/mol. The number of aliphatic hydroxyl groups excluding tert-OH is 3. The highest BCUT2D eigenvalue weighted by molar-refractivity contribution is 5.81. The van der Waals surface area contributed by atoms with Gasteiger partial charge in [0, 0.05) is 5.92 Å². The monoisotopic (exact) mass is 312 g/mol. The summed E-state index contributed by atoms with van der Waals surface area (Å²) in [6.45, 7) is 4.88. The third-order valence-electron chi connectivity index (χ3n) is 3.97. The number of carbonyl (C=O) groups excluding carboxylic acids is 1. The van der Waals surface area contributed by atoms with Gasteiger partial charge >= 0.3 is 0 Å². The van der Waals surface area contributed by atoms with Crippen LogP contribution < -0.4 is 11.1 Å². The van der Waals surface area contributed by atoms with E-state index in [1.807, 2.05) is 0 Å². The lowest BCUT2D eigenvalue weighted by molar-refractivity contribution is -0.129. The summed E-state index contributed by atoms with van der Waals surface area (Å²) in [6, 6.07) is -1.28. The highest BCUT2D eigenvalue weighted by Gasteiger charge is 2.43. The van der Waals surface area contributed by atoms with Crippen molar-refractivity contribution in [3.05, 3.63) is 24.0 Å². The summed E-state index contributed by atoms with van der Waals surface area (Å²) < 4.78 is 5.66. The third-order valence-corrected chi connectivity index (χ3v) is 3.97. The molecule has 2 rings (SSSR count). The van der Waals surface area contributed by atoms with Gasteiger partial charge in [0.15, 0.2) is 0 Å². The summed E-state index contributed by atoms with van der Waals surface area (Å²) in [5.41, 5.74) is 6.70. The van der Waals surface area contributed by atoms with Crippen LogP contribution in [0.4, 0.5) is 0 Å². The Bertz CT molecular complexity index is 475. The van der Waals surface area contributed by atoms with E-state index in [-0.39, 0.29) is 11.8 Å². The quantitative estimate of drug-likeness (QED) is 0.419. The van der Waals surface area contributed by atoms with Gasteiger partial charge in [0.1, 0.15) is 24.1 Å². The molecule has 0 spiro atoms. The second-order valence-corrected chi connectivity index (χ2v) is 6.02. The number of rotatable bonds is 6. The fraction of sp³-hybridized carbons (Fsp3) is 0.667. The Morgan fingerprint density at radius 2 is 2.18 bits per heavy atom. The van der Waals surface area contributed by atoms with Gasteiger partial charge in [-0.3, -0.25) is 4.79 Å². The van der Waals surface area contributed by atoms with Gasteiger partial charge in [-0.1, -0.05) is 6.58 Å². The average Bonchev–Trinajstić information content (AvgIpc) is 3.31. The molecule has 7 nitrogen and oxygen atoms in total. The predicted molar refractivity (Wildman–Crippen MR) is 79.5 cm³/mol. The van der Waals surface area contributed by atoms with E-state index < -0.39 is 37.0 Å². The lowest BCUT2D eigenvalue weighted by Crippen LogP contribution is -2.62. The summed E-state index contributed by atoms with van der Waals surface area (Å²) in [4.78, 5) is 12.0. The number of allylic oxidation sites excluding steroid dienone is 1. The number of nitrogens with one attached hydrogen (secondary N) is 1. The second kappa shape index (κ2) is 6.78. The number of carbonyl (C=O) groups is 1. The molecule has 0 aromatic heterocycles. The zero-order valence-corrected chi connectivity index (χ0v) is 12.6. The van der Waals surface area contributed by atoms with Crippen molar-refractivity contribution < 1.29 is 24.9 Å². The molecule has 0 radical (unpaired) electrons.